The zero-order valence-electron chi connectivity index (χ0n) is 11.6. The summed E-state index contributed by atoms with van der Waals surface area (Å²) in [7, 11) is 1.84. The van der Waals surface area contributed by atoms with Gasteiger partial charge in [-0.1, -0.05) is 31.0 Å². The van der Waals surface area contributed by atoms with Gasteiger partial charge in [-0.2, -0.15) is 0 Å². The molecule has 1 heterocycles. The highest BCUT2D eigenvalue weighted by Gasteiger charge is 2.25. The highest BCUT2D eigenvalue weighted by molar-refractivity contribution is 6.05. The first kappa shape index (κ1) is 12.9. The summed E-state index contributed by atoms with van der Waals surface area (Å²) in [6.45, 7) is 0. The molecule has 0 unspecified atom stereocenters. The first-order chi connectivity index (χ1) is 9.66. The number of carbonyl (C=O) groups is 1. The monoisotopic (exact) mass is 270 g/mol. The molecule has 0 atom stereocenters. The molecule has 4 heteroatoms. The smallest absolute Gasteiger partial charge is 0.254 e. The molecule has 2 aromatic rings. The molecule has 4 nitrogen and oxygen atoms in total. The van der Waals surface area contributed by atoms with Crippen molar-refractivity contribution in [3.8, 4) is 0 Å². The molecular weight excluding hydrogens is 252 g/mol. The van der Waals surface area contributed by atoms with Crippen molar-refractivity contribution >= 4 is 16.8 Å². The molecule has 20 heavy (non-hydrogen) atoms. The number of rotatable bonds is 2. The van der Waals surface area contributed by atoms with E-state index in [1.165, 1.54) is 18.9 Å². The third-order valence-corrected chi connectivity index (χ3v) is 4.17. The molecular formula is C16H18N2O2. The van der Waals surface area contributed by atoms with Crippen LogP contribution in [-0.2, 0) is 0 Å². The second kappa shape index (κ2) is 5.12. The Kier molecular flexibility index (Phi) is 3.30. The molecule has 1 aromatic carbocycles. The fourth-order valence-electron chi connectivity index (χ4n) is 3.03. The van der Waals surface area contributed by atoms with Gasteiger partial charge in [-0.15, -0.1) is 0 Å². The van der Waals surface area contributed by atoms with Crippen LogP contribution in [0.25, 0.3) is 10.9 Å². The van der Waals surface area contributed by atoms with Gasteiger partial charge in [0.1, 0.15) is 0 Å². The van der Waals surface area contributed by atoms with E-state index in [0.29, 0.717) is 17.1 Å². The fraction of sp³-hybridized carbons (Fsp3) is 0.375. The summed E-state index contributed by atoms with van der Waals surface area (Å²) in [6, 6.07) is 9.15. The quantitative estimate of drug-likeness (QED) is 0.911. The molecule has 1 amide bonds. The van der Waals surface area contributed by atoms with Crippen LogP contribution >= 0.6 is 0 Å². The average Bonchev–Trinajstić information content (AvgIpc) is 2.99. The van der Waals surface area contributed by atoms with Gasteiger partial charge in [0.05, 0.1) is 5.56 Å². The Balaban J connectivity index is 2.04. The van der Waals surface area contributed by atoms with E-state index in [1.54, 1.807) is 4.90 Å². The van der Waals surface area contributed by atoms with Crippen LogP contribution in [0.4, 0.5) is 0 Å². The van der Waals surface area contributed by atoms with Gasteiger partial charge in [-0.3, -0.25) is 9.59 Å². The van der Waals surface area contributed by atoms with Crippen molar-refractivity contribution in [2.45, 2.75) is 31.7 Å². The van der Waals surface area contributed by atoms with E-state index in [9.17, 15) is 9.59 Å². The van der Waals surface area contributed by atoms with Crippen LogP contribution in [0.2, 0.25) is 0 Å². The van der Waals surface area contributed by atoms with E-state index >= 15 is 0 Å². The maximum absolute atomic E-state index is 12.7. The minimum Gasteiger partial charge on any atom is -0.339 e. The van der Waals surface area contributed by atoms with Gasteiger partial charge in [0, 0.05) is 30.1 Å². The molecule has 1 aromatic heterocycles. The normalized spacial score (nSPS) is 15.7. The molecule has 0 radical (unpaired) electrons. The van der Waals surface area contributed by atoms with E-state index in [4.69, 9.17) is 0 Å². The summed E-state index contributed by atoms with van der Waals surface area (Å²) in [5, 5.41) is 0.807. The second-order valence-electron chi connectivity index (χ2n) is 5.45. The van der Waals surface area contributed by atoms with Crippen molar-refractivity contribution < 1.29 is 4.79 Å². The van der Waals surface area contributed by atoms with Crippen molar-refractivity contribution in [2.75, 3.05) is 7.05 Å². The summed E-state index contributed by atoms with van der Waals surface area (Å²) in [5.74, 6) is -0.0563. The molecule has 0 bridgehead atoms. The third kappa shape index (κ3) is 2.22. The van der Waals surface area contributed by atoms with Gasteiger partial charge in [-0.05, 0) is 18.9 Å². The number of carbonyl (C=O) groups excluding carboxylic acids is 1. The molecule has 1 saturated carbocycles. The molecule has 0 aliphatic heterocycles. The number of pyridine rings is 1. The van der Waals surface area contributed by atoms with E-state index < -0.39 is 0 Å². The maximum Gasteiger partial charge on any atom is 0.254 e. The topological polar surface area (TPSA) is 53.2 Å². The number of aromatic nitrogens is 1. The Labute approximate surface area is 117 Å². The average molecular weight is 270 g/mol. The molecule has 3 rings (SSSR count). The lowest BCUT2D eigenvalue weighted by atomic mass is 10.1. The summed E-state index contributed by atoms with van der Waals surface area (Å²) in [6.07, 6.45) is 4.48. The van der Waals surface area contributed by atoms with Crippen molar-refractivity contribution in [1.29, 1.82) is 0 Å². The van der Waals surface area contributed by atoms with Gasteiger partial charge in [0.2, 0.25) is 5.56 Å². The van der Waals surface area contributed by atoms with E-state index in [0.717, 1.165) is 18.2 Å². The molecule has 0 spiro atoms. The largest absolute Gasteiger partial charge is 0.339 e. The molecule has 0 saturated heterocycles. The number of para-hydroxylation sites is 1. The lowest BCUT2D eigenvalue weighted by Gasteiger charge is -2.24. The van der Waals surface area contributed by atoms with E-state index in [1.807, 2.05) is 31.3 Å². The van der Waals surface area contributed by atoms with Crippen LogP contribution in [0, 0.1) is 0 Å². The zero-order valence-corrected chi connectivity index (χ0v) is 11.6. The highest BCUT2D eigenvalue weighted by atomic mass is 16.2. The van der Waals surface area contributed by atoms with Crippen LogP contribution in [0.5, 0.6) is 0 Å². The molecule has 1 aliphatic carbocycles. The number of hydrogen-bond donors (Lipinski definition) is 1. The minimum absolute atomic E-state index is 0.0563. The Morgan fingerprint density at radius 2 is 1.95 bits per heavy atom. The number of hydrogen-bond acceptors (Lipinski definition) is 2. The first-order valence-corrected chi connectivity index (χ1v) is 7.06. The van der Waals surface area contributed by atoms with Crippen LogP contribution in [-0.4, -0.2) is 28.9 Å². The number of nitrogens with one attached hydrogen (secondary N) is 1. The predicted molar refractivity (Wildman–Crippen MR) is 78.9 cm³/mol. The Morgan fingerprint density at radius 3 is 2.70 bits per heavy atom. The number of aromatic amines is 1. The van der Waals surface area contributed by atoms with Gasteiger partial charge in [0.25, 0.3) is 5.91 Å². The van der Waals surface area contributed by atoms with Crippen LogP contribution in [0.15, 0.2) is 35.1 Å². The Bertz CT molecular complexity index is 699. The predicted octanol–water partition coefficient (Wildman–Crippen LogP) is 2.54. The summed E-state index contributed by atoms with van der Waals surface area (Å²) in [5.41, 5.74) is 0.980. The summed E-state index contributed by atoms with van der Waals surface area (Å²) < 4.78 is 0. The van der Waals surface area contributed by atoms with Gasteiger partial charge < -0.3 is 9.88 Å². The highest BCUT2D eigenvalue weighted by Crippen LogP contribution is 2.25. The SMILES string of the molecule is CN(C(=O)c1cc(=O)[nH]c2ccccc12)C1CCCC1. The van der Waals surface area contributed by atoms with Crippen molar-refractivity contribution in [2.24, 2.45) is 0 Å². The zero-order chi connectivity index (χ0) is 14.1. The van der Waals surface area contributed by atoms with Crippen molar-refractivity contribution in [3.63, 3.8) is 0 Å². The lowest BCUT2D eigenvalue weighted by molar-refractivity contribution is 0.0737. The maximum atomic E-state index is 12.7. The number of H-pyrrole nitrogens is 1. The van der Waals surface area contributed by atoms with E-state index in [-0.39, 0.29) is 11.5 Å². The van der Waals surface area contributed by atoms with Crippen molar-refractivity contribution in [3.05, 3.63) is 46.2 Å². The summed E-state index contributed by atoms with van der Waals surface area (Å²) >= 11 is 0. The van der Waals surface area contributed by atoms with Crippen molar-refractivity contribution in [1.82, 2.24) is 9.88 Å². The van der Waals surface area contributed by atoms with Gasteiger partial charge >= 0.3 is 0 Å². The Morgan fingerprint density at radius 1 is 1.25 bits per heavy atom. The van der Waals surface area contributed by atoms with Gasteiger partial charge in [-0.25, -0.2) is 0 Å². The van der Waals surface area contributed by atoms with Gasteiger partial charge in [0.15, 0.2) is 0 Å². The van der Waals surface area contributed by atoms with Crippen LogP contribution < -0.4 is 5.56 Å². The lowest BCUT2D eigenvalue weighted by Crippen LogP contribution is -2.35. The second-order valence-corrected chi connectivity index (χ2v) is 5.45. The standard InChI is InChI=1S/C16H18N2O2/c1-18(11-6-2-3-7-11)16(20)13-10-15(19)17-14-9-5-4-8-12(13)14/h4-5,8-11H,2-3,6-7H2,1H3,(H,17,19). The Hall–Kier alpha value is -2.10. The molecule has 1 aliphatic rings. The number of fused-ring (bicyclic) bond motifs is 1. The molecule has 104 valence electrons. The fourth-order valence-corrected chi connectivity index (χ4v) is 3.03. The molecule has 1 fully saturated rings. The summed E-state index contributed by atoms with van der Waals surface area (Å²) in [4.78, 5) is 29.0. The number of amides is 1. The van der Waals surface area contributed by atoms with Crippen LogP contribution in [0.3, 0.4) is 0 Å². The minimum atomic E-state index is -0.230. The number of nitrogens with zero attached hydrogens (tertiary/aromatic N) is 1. The third-order valence-electron chi connectivity index (χ3n) is 4.17. The number of benzene rings is 1. The first-order valence-electron chi connectivity index (χ1n) is 7.06. The van der Waals surface area contributed by atoms with E-state index in [2.05, 4.69) is 4.98 Å². The molecule has 1 N–H and O–H groups in total. The van der Waals surface area contributed by atoms with Crippen LogP contribution in [0.1, 0.15) is 36.0 Å².